The van der Waals surface area contributed by atoms with E-state index in [1.807, 2.05) is 0 Å². The van der Waals surface area contributed by atoms with Gasteiger partial charge in [-0.25, -0.2) is 0 Å². The fraction of sp³-hybridized carbons (Fsp3) is 0.175. The second-order valence-corrected chi connectivity index (χ2v) is 21.1. The molecule has 0 saturated heterocycles. The summed E-state index contributed by atoms with van der Waals surface area (Å²) in [4.78, 5) is 9.32. The predicted molar refractivity (Wildman–Crippen MR) is 288 cm³/mol. The predicted octanol–water partition coefficient (Wildman–Crippen LogP) is 15.1. The summed E-state index contributed by atoms with van der Waals surface area (Å²) in [5.74, 6) is 0. The number of para-hydroxylation sites is 5. The van der Waals surface area contributed by atoms with Crippen LogP contribution in [0.4, 0.5) is 28.4 Å². The maximum Gasteiger partial charge on any atom is 0.197 e. The molecule has 5 heterocycles. The highest BCUT2D eigenvalue weighted by molar-refractivity contribution is 6.74. The van der Waals surface area contributed by atoms with Gasteiger partial charge in [-0.2, -0.15) is 0 Å². The van der Waals surface area contributed by atoms with E-state index in [0.29, 0.717) is 0 Å². The standard InChI is InChI=1S/C63H50BN4/c1-61(2)48-28-19-29-50-58(48)67-59-49(61)34-38-20-11-12-25-42(38)54(59)55-53(68-52-31-16-14-27-47(52)62(3)32-17-18-33-63(62,68)4)37-44(56(64-50)60(55)67)46-36-41(35-45-43-26-13-15-30-51(43)65-57(45)46)66(39-21-7-5-8-22-39)40-23-9-6-10-24-40/h5-16,19-31,34-37,65H,17-18,32-33H2,1-4H3. The molecule has 4 aliphatic rings. The van der Waals surface area contributed by atoms with Crippen LogP contribution in [0, 0.1) is 0 Å². The first-order valence-electron chi connectivity index (χ1n) is 24.7. The van der Waals surface area contributed by atoms with E-state index >= 15 is 0 Å². The van der Waals surface area contributed by atoms with E-state index < -0.39 is 0 Å². The van der Waals surface area contributed by atoms with Crippen LogP contribution in [0.3, 0.4) is 0 Å². The smallest absolute Gasteiger partial charge is 0.197 e. The fourth-order valence-electron chi connectivity index (χ4n) is 14.0. The molecule has 325 valence electrons. The second-order valence-electron chi connectivity index (χ2n) is 21.1. The van der Waals surface area contributed by atoms with Crippen molar-refractivity contribution in [2.75, 3.05) is 9.80 Å². The number of hydrogen-bond acceptors (Lipinski definition) is 2. The summed E-state index contributed by atoms with van der Waals surface area (Å²) in [6, 6.07) is 66.3. The fourth-order valence-corrected chi connectivity index (χ4v) is 14.0. The van der Waals surface area contributed by atoms with E-state index in [1.54, 1.807) is 0 Å². The third kappa shape index (κ3) is 4.76. The van der Waals surface area contributed by atoms with Crippen molar-refractivity contribution >= 4 is 101 Å². The van der Waals surface area contributed by atoms with Crippen molar-refractivity contribution in [3.05, 3.63) is 193 Å². The summed E-state index contributed by atoms with van der Waals surface area (Å²) in [5.41, 5.74) is 21.1. The van der Waals surface area contributed by atoms with E-state index in [2.05, 4.69) is 230 Å². The van der Waals surface area contributed by atoms with Crippen molar-refractivity contribution in [2.45, 2.75) is 69.7 Å². The molecule has 68 heavy (non-hydrogen) atoms. The van der Waals surface area contributed by atoms with E-state index in [4.69, 9.17) is 0 Å². The van der Waals surface area contributed by atoms with Gasteiger partial charge < -0.3 is 19.4 Å². The average molecular weight is 874 g/mol. The summed E-state index contributed by atoms with van der Waals surface area (Å²) < 4.78 is 2.72. The molecule has 0 amide bonds. The van der Waals surface area contributed by atoms with Crippen molar-refractivity contribution in [3.8, 4) is 16.8 Å². The molecular weight excluding hydrogens is 824 g/mol. The largest absolute Gasteiger partial charge is 0.354 e. The Kier molecular flexibility index (Phi) is 7.58. The lowest BCUT2D eigenvalue weighted by Crippen LogP contribution is -2.54. The molecule has 1 saturated carbocycles. The first-order chi connectivity index (χ1) is 33.2. The minimum absolute atomic E-state index is 0.0201. The number of benzene rings is 9. The topological polar surface area (TPSA) is 27.2 Å². The third-order valence-corrected chi connectivity index (χ3v) is 17.4. The van der Waals surface area contributed by atoms with Crippen molar-refractivity contribution in [2.24, 2.45) is 0 Å². The van der Waals surface area contributed by atoms with Crippen LogP contribution in [0.25, 0.3) is 71.2 Å². The van der Waals surface area contributed by atoms with Crippen LogP contribution < -0.4 is 20.7 Å². The number of fused-ring (bicyclic) bond motifs is 9. The van der Waals surface area contributed by atoms with Crippen molar-refractivity contribution in [1.29, 1.82) is 0 Å². The summed E-state index contributed by atoms with van der Waals surface area (Å²) in [6.07, 6.45) is 4.75. The van der Waals surface area contributed by atoms with E-state index in [9.17, 15) is 0 Å². The van der Waals surface area contributed by atoms with Gasteiger partial charge >= 0.3 is 0 Å². The third-order valence-electron chi connectivity index (χ3n) is 17.4. The number of aromatic nitrogens is 2. The van der Waals surface area contributed by atoms with Gasteiger partial charge in [0.2, 0.25) is 0 Å². The van der Waals surface area contributed by atoms with Gasteiger partial charge in [0, 0.05) is 71.9 Å². The van der Waals surface area contributed by atoms with Gasteiger partial charge in [0.25, 0.3) is 0 Å². The van der Waals surface area contributed by atoms with Crippen LogP contribution in [0.1, 0.15) is 70.1 Å². The zero-order valence-electron chi connectivity index (χ0n) is 39.0. The first kappa shape index (κ1) is 38.6. The number of rotatable bonds is 5. The molecule has 0 spiro atoms. The van der Waals surface area contributed by atoms with Crippen molar-refractivity contribution in [3.63, 3.8) is 0 Å². The minimum atomic E-state index is -0.219. The van der Waals surface area contributed by atoms with Gasteiger partial charge in [0.1, 0.15) is 0 Å². The molecular formula is C63H50BN4. The molecule has 1 radical (unpaired) electrons. The molecule has 2 aromatic heterocycles. The number of hydrogen-bond donors (Lipinski definition) is 1. The molecule has 0 bridgehead atoms. The van der Waals surface area contributed by atoms with Gasteiger partial charge in [0.15, 0.2) is 7.28 Å². The lowest BCUT2D eigenvalue weighted by molar-refractivity contribution is 0.195. The number of H-pyrrole nitrogens is 1. The Balaban J connectivity index is 1.16. The van der Waals surface area contributed by atoms with Gasteiger partial charge in [-0.15, -0.1) is 0 Å². The minimum Gasteiger partial charge on any atom is -0.354 e. The van der Waals surface area contributed by atoms with E-state index in [1.165, 1.54) is 118 Å². The van der Waals surface area contributed by atoms with Crippen LogP contribution in [0.5, 0.6) is 0 Å². The van der Waals surface area contributed by atoms with Crippen LogP contribution in [-0.2, 0) is 10.8 Å². The average Bonchev–Trinajstić information content (AvgIpc) is 4.00. The molecule has 4 nitrogen and oxygen atoms in total. The SMILES string of the molecule is CC1(C)c2cccc3c2-n2c4c(c(-c5cc(N(c6ccccc6)c6ccccc6)cc6c5[nH]c5ccccc56)cc(N5c6ccccc6C6(C)CCCCC56C)c4c4c5ccccc5cc1c42)[B]3. The maximum absolute atomic E-state index is 4.03. The first-order valence-corrected chi connectivity index (χ1v) is 24.7. The highest BCUT2D eigenvalue weighted by Gasteiger charge is 2.58. The van der Waals surface area contributed by atoms with Gasteiger partial charge in [0.05, 0.1) is 27.8 Å². The summed E-state index contributed by atoms with van der Waals surface area (Å²) in [5, 5.41) is 7.78. The van der Waals surface area contributed by atoms with Gasteiger partial charge in [-0.05, 0) is 119 Å². The number of nitrogens with zero attached hydrogens (tertiary/aromatic N) is 3. The second kappa shape index (κ2) is 13.4. The molecule has 11 aromatic rings. The summed E-state index contributed by atoms with van der Waals surface area (Å²) in [7, 11) is 2.54. The Hall–Kier alpha value is -7.50. The molecule has 1 fully saturated rings. The molecule has 5 heteroatoms. The lowest BCUT2D eigenvalue weighted by atomic mass is 9.57. The Morgan fingerprint density at radius 2 is 1.22 bits per heavy atom. The van der Waals surface area contributed by atoms with Crippen molar-refractivity contribution < 1.29 is 0 Å². The van der Waals surface area contributed by atoms with Crippen LogP contribution in [-0.4, -0.2) is 22.4 Å². The normalized spacial score (nSPS) is 19.6. The monoisotopic (exact) mass is 873 g/mol. The molecule has 2 unspecified atom stereocenters. The molecule has 1 N–H and O–H groups in total. The van der Waals surface area contributed by atoms with E-state index in [-0.39, 0.29) is 16.4 Å². The zero-order chi connectivity index (χ0) is 45.3. The number of aromatic amines is 1. The highest BCUT2D eigenvalue weighted by atomic mass is 15.3. The molecule has 2 atom stereocenters. The lowest BCUT2D eigenvalue weighted by Gasteiger charge is -2.50. The highest BCUT2D eigenvalue weighted by Crippen LogP contribution is 2.63. The quantitative estimate of drug-likeness (QED) is 0.174. The van der Waals surface area contributed by atoms with Crippen LogP contribution in [0.2, 0.25) is 0 Å². The Labute approximate surface area is 397 Å². The molecule has 15 rings (SSSR count). The van der Waals surface area contributed by atoms with Crippen LogP contribution in [0.15, 0.2) is 176 Å². The Morgan fingerprint density at radius 3 is 2.03 bits per heavy atom. The maximum atomic E-state index is 4.03. The van der Waals surface area contributed by atoms with E-state index in [0.717, 1.165) is 34.5 Å². The van der Waals surface area contributed by atoms with Gasteiger partial charge in [-0.3, -0.25) is 0 Å². The number of anilines is 5. The van der Waals surface area contributed by atoms with Gasteiger partial charge in [-0.1, -0.05) is 154 Å². The molecule has 9 aromatic carbocycles. The number of nitrogens with one attached hydrogen (secondary N) is 1. The summed E-state index contributed by atoms with van der Waals surface area (Å²) in [6.45, 7) is 10.1. The Bertz CT molecular complexity index is 3930. The summed E-state index contributed by atoms with van der Waals surface area (Å²) >= 11 is 0. The molecule has 1 aliphatic carbocycles. The van der Waals surface area contributed by atoms with Crippen LogP contribution >= 0.6 is 0 Å². The Morgan fingerprint density at radius 1 is 0.529 bits per heavy atom. The zero-order valence-corrected chi connectivity index (χ0v) is 39.0. The van der Waals surface area contributed by atoms with Crippen molar-refractivity contribution in [1.82, 2.24) is 9.55 Å². The molecule has 3 aliphatic heterocycles.